The number of carbonyl (C=O) groups excluding carboxylic acids is 2. The number of H-pyrrole nitrogens is 1. The maximum Gasteiger partial charge on any atom is 0.295 e. The van der Waals surface area contributed by atoms with E-state index in [1.165, 1.54) is 0 Å². The average molecular weight is 391 g/mol. The highest BCUT2D eigenvalue weighted by molar-refractivity contribution is 6.42. The second-order valence-electron chi connectivity index (χ2n) is 7.43. The summed E-state index contributed by atoms with van der Waals surface area (Å²) in [5.74, 6) is -0.0265. The normalized spacial score (nSPS) is 19.3. The molecule has 3 heterocycles. The lowest BCUT2D eigenvalue weighted by atomic mass is 9.92. The van der Waals surface area contributed by atoms with E-state index in [0.29, 0.717) is 12.1 Å². The second kappa shape index (κ2) is 8.03. The van der Waals surface area contributed by atoms with E-state index in [4.69, 9.17) is 0 Å². The molecule has 1 aliphatic heterocycles. The van der Waals surface area contributed by atoms with E-state index in [9.17, 15) is 9.59 Å². The van der Waals surface area contributed by atoms with Crippen molar-refractivity contribution in [2.45, 2.75) is 38.3 Å². The number of hydrogen-bond donors (Lipinski definition) is 1. The fourth-order valence-electron chi connectivity index (χ4n) is 4.37. The number of nitrogens with zero attached hydrogens (tertiary/aromatic N) is 4. The molecule has 1 fully saturated rings. The number of aromatic nitrogens is 3. The molecule has 3 aromatic rings. The van der Waals surface area contributed by atoms with Crippen molar-refractivity contribution in [1.29, 1.82) is 0 Å². The van der Waals surface area contributed by atoms with Gasteiger partial charge in [0.15, 0.2) is 0 Å². The SMILES string of the molecule is CCC1C(N(C)c2ncnc3[nH]ccc23)CCCN1C(=O)C(=O)c1ccccc1. The highest BCUT2D eigenvalue weighted by Crippen LogP contribution is 2.30. The van der Waals surface area contributed by atoms with Gasteiger partial charge in [0, 0.05) is 25.4 Å². The molecule has 1 aromatic carbocycles. The largest absolute Gasteiger partial charge is 0.354 e. The highest BCUT2D eigenvalue weighted by atomic mass is 16.2. The number of nitrogens with one attached hydrogen (secondary N) is 1. The smallest absolute Gasteiger partial charge is 0.295 e. The third kappa shape index (κ3) is 3.48. The van der Waals surface area contributed by atoms with Crippen LogP contribution in [0.5, 0.6) is 0 Å². The second-order valence-corrected chi connectivity index (χ2v) is 7.43. The molecule has 0 radical (unpaired) electrons. The Hall–Kier alpha value is -3.22. The molecule has 0 aliphatic carbocycles. The number of anilines is 1. The van der Waals surface area contributed by atoms with Crippen molar-refractivity contribution in [1.82, 2.24) is 19.9 Å². The van der Waals surface area contributed by atoms with Crippen LogP contribution in [0, 0.1) is 0 Å². The fraction of sp³-hybridized carbons (Fsp3) is 0.364. The van der Waals surface area contributed by atoms with Gasteiger partial charge in [0.1, 0.15) is 17.8 Å². The Kier molecular flexibility index (Phi) is 5.29. The van der Waals surface area contributed by atoms with Gasteiger partial charge in [-0.25, -0.2) is 9.97 Å². The lowest BCUT2D eigenvalue weighted by Gasteiger charge is -2.45. The van der Waals surface area contributed by atoms with Crippen molar-refractivity contribution in [3.63, 3.8) is 0 Å². The number of likely N-dealkylation sites (tertiary alicyclic amines) is 1. The Bertz CT molecular complexity index is 1020. The van der Waals surface area contributed by atoms with Crippen molar-refractivity contribution in [3.05, 3.63) is 54.5 Å². The molecule has 7 nitrogen and oxygen atoms in total. The number of benzene rings is 1. The minimum atomic E-state index is -0.442. The van der Waals surface area contributed by atoms with Crippen LogP contribution in [0.3, 0.4) is 0 Å². The summed E-state index contributed by atoms with van der Waals surface area (Å²) >= 11 is 0. The molecule has 2 aromatic heterocycles. The summed E-state index contributed by atoms with van der Waals surface area (Å²) in [5, 5.41) is 0.952. The van der Waals surface area contributed by atoms with Gasteiger partial charge in [0.2, 0.25) is 5.78 Å². The Labute approximate surface area is 169 Å². The highest BCUT2D eigenvalue weighted by Gasteiger charge is 2.38. The Balaban J connectivity index is 1.61. The predicted molar refractivity (Wildman–Crippen MR) is 112 cm³/mol. The fourth-order valence-corrected chi connectivity index (χ4v) is 4.37. The van der Waals surface area contributed by atoms with Gasteiger partial charge in [-0.15, -0.1) is 0 Å². The third-order valence-corrected chi connectivity index (χ3v) is 5.82. The van der Waals surface area contributed by atoms with Crippen LogP contribution < -0.4 is 4.90 Å². The number of likely N-dealkylation sites (N-methyl/N-ethyl adjacent to an activating group) is 1. The van der Waals surface area contributed by atoms with Gasteiger partial charge >= 0.3 is 0 Å². The van der Waals surface area contributed by atoms with Crippen molar-refractivity contribution in [3.8, 4) is 0 Å². The van der Waals surface area contributed by atoms with Gasteiger partial charge in [-0.05, 0) is 25.3 Å². The first kappa shape index (κ1) is 19.1. The summed E-state index contributed by atoms with van der Waals surface area (Å²) < 4.78 is 0. The van der Waals surface area contributed by atoms with Gasteiger partial charge in [-0.1, -0.05) is 37.3 Å². The van der Waals surface area contributed by atoms with Crippen LogP contribution in [0.1, 0.15) is 36.5 Å². The van der Waals surface area contributed by atoms with Crippen molar-refractivity contribution in [2.75, 3.05) is 18.5 Å². The maximum atomic E-state index is 13.1. The number of rotatable bonds is 5. The molecule has 0 spiro atoms. The van der Waals surface area contributed by atoms with Gasteiger partial charge in [-0.2, -0.15) is 0 Å². The Morgan fingerprint density at radius 3 is 2.76 bits per heavy atom. The van der Waals surface area contributed by atoms with Gasteiger partial charge < -0.3 is 14.8 Å². The number of ketones is 1. The zero-order valence-electron chi connectivity index (χ0n) is 16.7. The summed E-state index contributed by atoms with van der Waals surface area (Å²) in [6, 6.07) is 10.8. The molecule has 150 valence electrons. The Morgan fingerprint density at radius 1 is 1.21 bits per heavy atom. The molecular weight excluding hydrogens is 366 g/mol. The summed E-state index contributed by atoms with van der Waals surface area (Å²) in [6.45, 7) is 2.67. The first-order valence-corrected chi connectivity index (χ1v) is 10.0. The number of carbonyl (C=O) groups is 2. The molecule has 4 rings (SSSR count). The van der Waals surface area contributed by atoms with Crippen molar-refractivity contribution in [2.24, 2.45) is 0 Å². The molecule has 29 heavy (non-hydrogen) atoms. The van der Waals surface area contributed by atoms with E-state index < -0.39 is 11.7 Å². The minimum absolute atomic E-state index is 0.0575. The summed E-state index contributed by atoms with van der Waals surface area (Å²) in [5.41, 5.74) is 1.23. The van der Waals surface area contributed by atoms with E-state index in [1.54, 1.807) is 35.5 Å². The number of amides is 1. The molecule has 0 saturated carbocycles. The summed E-state index contributed by atoms with van der Waals surface area (Å²) in [4.78, 5) is 41.6. The van der Waals surface area contributed by atoms with Crippen LogP contribution in [0.25, 0.3) is 11.0 Å². The third-order valence-electron chi connectivity index (χ3n) is 5.82. The number of Topliss-reactive ketones (excluding diaryl/α,β-unsaturated/α-hetero) is 1. The van der Waals surface area contributed by atoms with Crippen LogP contribution in [-0.2, 0) is 4.79 Å². The van der Waals surface area contributed by atoms with Crippen molar-refractivity contribution < 1.29 is 9.59 Å². The standard InChI is InChI=1S/C22H25N5O2/c1-3-17-18(26(2)21-16-11-12-23-20(16)24-14-25-21)10-7-13-27(17)22(29)19(28)15-8-5-4-6-9-15/h4-6,8-9,11-12,14,17-18H,3,7,10,13H2,1-2H3,(H,23,24,25). The zero-order valence-corrected chi connectivity index (χ0v) is 16.7. The number of aromatic amines is 1. The van der Waals surface area contributed by atoms with Crippen LogP contribution in [0.4, 0.5) is 5.82 Å². The van der Waals surface area contributed by atoms with E-state index >= 15 is 0 Å². The number of hydrogen-bond acceptors (Lipinski definition) is 5. The molecule has 1 amide bonds. The molecule has 1 N–H and O–H groups in total. The van der Waals surface area contributed by atoms with E-state index in [0.717, 1.165) is 36.1 Å². The topological polar surface area (TPSA) is 82.2 Å². The lowest BCUT2D eigenvalue weighted by molar-refractivity contribution is -0.130. The maximum absolute atomic E-state index is 13.1. The number of fused-ring (bicyclic) bond motifs is 1. The molecule has 0 bridgehead atoms. The quantitative estimate of drug-likeness (QED) is 0.534. The van der Waals surface area contributed by atoms with Crippen LogP contribution in [0.15, 0.2) is 48.9 Å². The molecule has 1 aliphatic rings. The molecule has 2 atom stereocenters. The molecule has 2 unspecified atom stereocenters. The van der Waals surface area contributed by atoms with E-state index in [-0.39, 0.29) is 12.1 Å². The molecule has 7 heteroatoms. The summed E-state index contributed by atoms with van der Waals surface area (Å²) in [7, 11) is 2.01. The van der Waals surface area contributed by atoms with Crippen LogP contribution in [-0.4, -0.2) is 57.2 Å². The molecular formula is C22H25N5O2. The Morgan fingerprint density at radius 2 is 2.00 bits per heavy atom. The van der Waals surface area contributed by atoms with Gasteiger partial charge in [0.25, 0.3) is 5.91 Å². The molecule has 1 saturated heterocycles. The zero-order chi connectivity index (χ0) is 20.4. The summed E-state index contributed by atoms with van der Waals surface area (Å²) in [6.07, 6.45) is 5.96. The first-order chi connectivity index (χ1) is 14.1. The van der Waals surface area contributed by atoms with Gasteiger partial charge in [0.05, 0.1) is 17.5 Å². The lowest BCUT2D eigenvalue weighted by Crippen LogP contribution is -2.57. The van der Waals surface area contributed by atoms with Gasteiger partial charge in [-0.3, -0.25) is 9.59 Å². The minimum Gasteiger partial charge on any atom is -0.354 e. The van der Waals surface area contributed by atoms with E-state index in [2.05, 4.69) is 26.8 Å². The monoisotopic (exact) mass is 391 g/mol. The average Bonchev–Trinajstić information content (AvgIpc) is 3.26. The van der Waals surface area contributed by atoms with Crippen LogP contribution in [0.2, 0.25) is 0 Å². The predicted octanol–water partition coefficient (Wildman–Crippen LogP) is 3.05. The van der Waals surface area contributed by atoms with Crippen LogP contribution >= 0.6 is 0 Å². The first-order valence-electron chi connectivity index (χ1n) is 10.0. The number of piperidine rings is 1. The van der Waals surface area contributed by atoms with Crippen molar-refractivity contribution >= 4 is 28.5 Å². The van der Waals surface area contributed by atoms with E-state index in [1.807, 2.05) is 25.4 Å².